The average Bonchev–Trinajstić information content (AvgIpc) is 2.32. The largest absolute Gasteiger partial charge is 0.444 e. The minimum Gasteiger partial charge on any atom is -0.444 e. The molecule has 0 aliphatic rings. The molecule has 0 spiro atoms. The van der Waals surface area contributed by atoms with Crippen LogP contribution in [-0.4, -0.2) is 43.1 Å². The molecule has 0 aromatic rings. The third-order valence-corrected chi connectivity index (χ3v) is 2.08. The van der Waals surface area contributed by atoms with Crippen molar-refractivity contribution in [1.29, 1.82) is 0 Å². The Bertz CT molecular complexity index is 386. The van der Waals surface area contributed by atoms with Crippen molar-refractivity contribution in [3.05, 3.63) is 12.2 Å². The minimum atomic E-state index is -0.558. The van der Waals surface area contributed by atoms with Crippen LogP contribution in [0.15, 0.2) is 12.2 Å². The van der Waals surface area contributed by atoms with Crippen LogP contribution < -0.4 is 16.0 Å². The molecule has 0 aliphatic carbocycles. The first kappa shape index (κ1) is 18.9. The van der Waals surface area contributed by atoms with Gasteiger partial charge in [0.15, 0.2) is 0 Å². The van der Waals surface area contributed by atoms with E-state index in [1.165, 1.54) is 6.08 Å². The smallest absolute Gasteiger partial charge is 0.407 e. The third-order valence-electron chi connectivity index (χ3n) is 2.08. The zero-order chi connectivity index (χ0) is 16.3. The van der Waals surface area contributed by atoms with Gasteiger partial charge in [-0.2, -0.15) is 0 Å². The number of alkyl carbamates (subject to hydrolysis) is 1. The van der Waals surface area contributed by atoms with Crippen LogP contribution in [0.3, 0.4) is 0 Å². The molecule has 7 nitrogen and oxygen atoms in total. The van der Waals surface area contributed by atoms with E-state index in [0.717, 1.165) is 0 Å². The number of amides is 3. The predicted molar refractivity (Wildman–Crippen MR) is 79.7 cm³/mol. The van der Waals surface area contributed by atoms with Crippen LogP contribution in [0.1, 0.15) is 34.1 Å². The van der Waals surface area contributed by atoms with Gasteiger partial charge in [0.25, 0.3) is 0 Å². The van der Waals surface area contributed by atoms with Gasteiger partial charge in [-0.25, -0.2) is 4.79 Å². The van der Waals surface area contributed by atoms with Crippen molar-refractivity contribution in [2.45, 2.75) is 39.7 Å². The minimum absolute atomic E-state index is 0.155. The maximum atomic E-state index is 11.5. The normalized spacial score (nSPS) is 11.0. The molecule has 0 heterocycles. The SMILES string of the molecule is C/C=C/C(=O)NCCNC(=O)CCNC(=O)OC(C)(C)C. The van der Waals surface area contributed by atoms with Crippen molar-refractivity contribution in [3.63, 3.8) is 0 Å². The molecule has 21 heavy (non-hydrogen) atoms. The molecular weight excluding hydrogens is 274 g/mol. The lowest BCUT2D eigenvalue weighted by Gasteiger charge is -2.19. The molecule has 0 unspecified atom stereocenters. The van der Waals surface area contributed by atoms with Crippen LogP contribution in [0.5, 0.6) is 0 Å². The van der Waals surface area contributed by atoms with Gasteiger partial charge in [-0.1, -0.05) is 6.08 Å². The van der Waals surface area contributed by atoms with Crippen LogP contribution in [0, 0.1) is 0 Å². The van der Waals surface area contributed by atoms with E-state index < -0.39 is 11.7 Å². The Morgan fingerprint density at radius 2 is 1.62 bits per heavy atom. The summed E-state index contributed by atoms with van der Waals surface area (Å²) in [5, 5.41) is 7.74. The maximum absolute atomic E-state index is 11.5. The van der Waals surface area contributed by atoms with Crippen molar-refractivity contribution in [3.8, 4) is 0 Å². The molecule has 120 valence electrons. The Morgan fingerprint density at radius 3 is 2.19 bits per heavy atom. The molecule has 0 saturated carbocycles. The van der Waals surface area contributed by atoms with E-state index in [1.807, 2.05) is 0 Å². The summed E-state index contributed by atoms with van der Waals surface area (Å²) in [6.45, 7) is 7.94. The Balaban J connectivity index is 3.63. The van der Waals surface area contributed by atoms with Crippen LogP contribution in [0.25, 0.3) is 0 Å². The second-order valence-electron chi connectivity index (χ2n) is 5.32. The lowest BCUT2D eigenvalue weighted by Crippen LogP contribution is -2.37. The fourth-order valence-electron chi connectivity index (χ4n) is 1.28. The highest BCUT2D eigenvalue weighted by molar-refractivity contribution is 5.87. The van der Waals surface area contributed by atoms with Gasteiger partial charge in [0, 0.05) is 26.1 Å². The molecule has 0 radical (unpaired) electrons. The Hall–Kier alpha value is -2.05. The molecule has 3 amide bonds. The second-order valence-corrected chi connectivity index (χ2v) is 5.32. The number of hydrogen-bond donors (Lipinski definition) is 3. The zero-order valence-electron chi connectivity index (χ0n) is 13.1. The predicted octanol–water partition coefficient (Wildman–Crippen LogP) is 0.710. The van der Waals surface area contributed by atoms with Crippen molar-refractivity contribution < 1.29 is 19.1 Å². The number of ether oxygens (including phenoxy) is 1. The van der Waals surface area contributed by atoms with Gasteiger partial charge in [-0.05, 0) is 33.8 Å². The molecule has 0 aromatic heterocycles. The summed E-state index contributed by atoms with van der Waals surface area (Å²) < 4.78 is 5.03. The molecule has 0 aliphatic heterocycles. The highest BCUT2D eigenvalue weighted by Crippen LogP contribution is 2.06. The molecule has 0 aromatic carbocycles. The van der Waals surface area contributed by atoms with Crippen molar-refractivity contribution in [2.75, 3.05) is 19.6 Å². The highest BCUT2D eigenvalue weighted by atomic mass is 16.6. The van der Waals surface area contributed by atoms with E-state index in [9.17, 15) is 14.4 Å². The summed E-state index contributed by atoms with van der Waals surface area (Å²) in [4.78, 5) is 33.8. The summed E-state index contributed by atoms with van der Waals surface area (Å²) in [5.74, 6) is -0.398. The van der Waals surface area contributed by atoms with E-state index >= 15 is 0 Å². The molecule has 7 heteroatoms. The van der Waals surface area contributed by atoms with Crippen molar-refractivity contribution in [2.24, 2.45) is 0 Å². The summed E-state index contributed by atoms with van der Waals surface area (Å²) in [6, 6.07) is 0. The molecule has 0 bridgehead atoms. The summed E-state index contributed by atoms with van der Waals surface area (Å²) in [5.41, 5.74) is -0.558. The maximum Gasteiger partial charge on any atom is 0.407 e. The summed E-state index contributed by atoms with van der Waals surface area (Å²) in [6.07, 6.45) is 2.65. The first-order valence-electron chi connectivity index (χ1n) is 6.88. The van der Waals surface area contributed by atoms with E-state index in [2.05, 4.69) is 16.0 Å². The van der Waals surface area contributed by atoms with Crippen LogP contribution in [-0.2, 0) is 14.3 Å². The number of nitrogens with one attached hydrogen (secondary N) is 3. The monoisotopic (exact) mass is 299 g/mol. The first-order chi connectivity index (χ1) is 9.74. The summed E-state index contributed by atoms with van der Waals surface area (Å²) in [7, 11) is 0. The van der Waals surface area contributed by atoms with Gasteiger partial charge >= 0.3 is 6.09 Å². The Kier molecular flexibility index (Phi) is 8.84. The van der Waals surface area contributed by atoms with Gasteiger partial charge in [0.05, 0.1) is 0 Å². The molecule has 0 atom stereocenters. The molecule has 0 rings (SSSR count). The lowest BCUT2D eigenvalue weighted by molar-refractivity contribution is -0.121. The average molecular weight is 299 g/mol. The van der Waals surface area contributed by atoms with E-state index in [1.54, 1.807) is 33.8 Å². The molecule has 0 saturated heterocycles. The van der Waals surface area contributed by atoms with Crippen LogP contribution >= 0.6 is 0 Å². The standard InChI is InChI=1S/C14H25N3O4/c1-5-6-11(18)15-9-10-16-12(19)7-8-17-13(20)21-14(2,3)4/h5-6H,7-10H2,1-4H3,(H,15,18)(H,16,19)(H,17,20)/b6-5+. The van der Waals surface area contributed by atoms with Crippen molar-refractivity contribution >= 4 is 17.9 Å². The Morgan fingerprint density at radius 1 is 1.00 bits per heavy atom. The quantitative estimate of drug-likeness (QED) is 0.476. The number of allylic oxidation sites excluding steroid dienone is 1. The van der Waals surface area contributed by atoms with Crippen molar-refractivity contribution in [1.82, 2.24) is 16.0 Å². The zero-order valence-corrected chi connectivity index (χ0v) is 13.1. The van der Waals surface area contributed by atoms with E-state index in [4.69, 9.17) is 4.74 Å². The number of carbonyl (C=O) groups is 3. The molecule has 3 N–H and O–H groups in total. The van der Waals surface area contributed by atoms with Gasteiger partial charge in [0.2, 0.25) is 11.8 Å². The first-order valence-corrected chi connectivity index (χ1v) is 6.88. The van der Waals surface area contributed by atoms with Gasteiger partial charge in [-0.3, -0.25) is 9.59 Å². The van der Waals surface area contributed by atoms with E-state index in [-0.39, 0.29) is 24.8 Å². The fourth-order valence-corrected chi connectivity index (χ4v) is 1.28. The highest BCUT2D eigenvalue weighted by Gasteiger charge is 2.15. The second kappa shape index (κ2) is 9.79. The summed E-state index contributed by atoms with van der Waals surface area (Å²) >= 11 is 0. The van der Waals surface area contributed by atoms with E-state index in [0.29, 0.717) is 13.1 Å². The molecule has 0 fully saturated rings. The van der Waals surface area contributed by atoms with Gasteiger partial charge < -0.3 is 20.7 Å². The number of carbonyl (C=O) groups excluding carboxylic acids is 3. The van der Waals surface area contributed by atoms with Crippen LogP contribution in [0.2, 0.25) is 0 Å². The molecular formula is C14H25N3O4. The third kappa shape index (κ3) is 12.7. The number of rotatable bonds is 7. The van der Waals surface area contributed by atoms with Gasteiger partial charge in [-0.15, -0.1) is 0 Å². The number of hydrogen-bond acceptors (Lipinski definition) is 4. The Labute approximate surface area is 125 Å². The topological polar surface area (TPSA) is 96.5 Å². The van der Waals surface area contributed by atoms with Gasteiger partial charge in [0.1, 0.15) is 5.60 Å². The fraction of sp³-hybridized carbons (Fsp3) is 0.643. The lowest BCUT2D eigenvalue weighted by atomic mass is 10.2. The van der Waals surface area contributed by atoms with Crippen LogP contribution in [0.4, 0.5) is 4.79 Å².